The zero-order valence-corrected chi connectivity index (χ0v) is 9.74. The monoisotopic (exact) mass is 207 g/mol. The number of anilines is 1. The normalized spacial score (nSPS) is 10.9. The van der Waals surface area contributed by atoms with Gasteiger partial charge in [-0.3, -0.25) is 4.98 Å². The molecule has 84 valence electrons. The van der Waals surface area contributed by atoms with Crippen LogP contribution >= 0.6 is 0 Å². The van der Waals surface area contributed by atoms with Crippen molar-refractivity contribution in [3.8, 4) is 0 Å². The van der Waals surface area contributed by atoms with Gasteiger partial charge in [-0.15, -0.1) is 0 Å². The van der Waals surface area contributed by atoms with E-state index in [-0.39, 0.29) is 0 Å². The molecule has 0 fully saturated rings. The Morgan fingerprint density at radius 1 is 1.33 bits per heavy atom. The number of aromatic nitrogens is 1. The van der Waals surface area contributed by atoms with Crippen LogP contribution in [0.25, 0.3) is 0 Å². The Hall–Kier alpha value is -1.09. The molecule has 0 bridgehead atoms. The quantitative estimate of drug-likeness (QED) is 0.728. The number of nitrogens with zero attached hydrogens (tertiary/aromatic N) is 2. The summed E-state index contributed by atoms with van der Waals surface area (Å²) in [6.07, 6.45) is 5.56. The Morgan fingerprint density at radius 3 is 2.73 bits per heavy atom. The molecular weight excluding hydrogens is 186 g/mol. The van der Waals surface area contributed by atoms with E-state index in [1.807, 2.05) is 12.1 Å². The van der Waals surface area contributed by atoms with Gasteiger partial charge >= 0.3 is 0 Å². The van der Waals surface area contributed by atoms with Gasteiger partial charge in [0.05, 0.1) is 17.6 Å². The van der Waals surface area contributed by atoms with Crippen molar-refractivity contribution in [1.82, 2.24) is 9.88 Å². The van der Waals surface area contributed by atoms with Crippen molar-refractivity contribution in [2.45, 2.75) is 32.7 Å². The summed E-state index contributed by atoms with van der Waals surface area (Å²) >= 11 is 0. The van der Waals surface area contributed by atoms with Crippen LogP contribution in [0, 0.1) is 0 Å². The third kappa shape index (κ3) is 4.79. The number of unbranched alkanes of at least 4 members (excludes halogenated alkanes) is 2. The molecule has 0 aliphatic carbocycles. The van der Waals surface area contributed by atoms with Gasteiger partial charge in [0, 0.05) is 6.54 Å². The van der Waals surface area contributed by atoms with Gasteiger partial charge in [-0.2, -0.15) is 0 Å². The molecule has 2 N–H and O–H groups in total. The molecule has 0 saturated heterocycles. The fourth-order valence-corrected chi connectivity index (χ4v) is 1.52. The minimum atomic E-state index is 0.729. The van der Waals surface area contributed by atoms with Crippen molar-refractivity contribution >= 4 is 5.69 Å². The zero-order chi connectivity index (χ0) is 11.1. The summed E-state index contributed by atoms with van der Waals surface area (Å²) in [5.74, 6) is 0. The van der Waals surface area contributed by atoms with Gasteiger partial charge < -0.3 is 10.6 Å². The summed E-state index contributed by atoms with van der Waals surface area (Å²) in [5, 5.41) is 0. The third-order valence-electron chi connectivity index (χ3n) is 2.42. The highest BCUT2D eigenvalue weighted by molar-refractivity contribution is 5.34. The minimum absolute atomic E-state index is 0.729. The molecule has 15 heavy (non-hydrogen) atoms. The van der Waals surface area contributed by atoms with E-state index in [0.29, 0.717) is 0 Å². The molecule has 1 rings (SSSR count). The average Bonchev–Trinajstić information content (AvgIpc) is 2.22. The molecule has 0 aliphatic heterocycles. The maximum atomic E-state index is 5.58. The molecule has 1 aromatic rings. The molecule has 3 nitrogen and oxygen atoms in total. The highest BCUT2D eigenvalue weighted by atomic mass is 15.1. The molecule has 1 aromatic heterocycles. The summed E-state index contributed by atoms with van der Waals surface area (Å²) in [5.41, 5.74) is 7.39. The number of pyridine rings is 1. The topological polar surface area (TPSA) is 42.1 Å². The van der Waals surface area contributed by atoms with Crippen molar-refractivity contribution in [2.75, 3.05) is 19.3 Å². The summed E-state index contributed by atoms with van der Waals surface area (Å²) in [6, 6.07) is 3.90. The molecule has 0 spiro atoms. The van der Waals surface area contributed by atoms with Crippen molar-refractivity contribution in [3.05, 3.63) is 24.0 Å². The van der Waals surface area contributed by atoms with Gasteiger partial charge in [0.25, 0.3) is 0 Å². The Bertz CT molecular complexity index is 269. The molecule has 0 radical (unpaired) electrons. The molecule has 1 heterocycles. The van der Waals surface area contributed by atoms with Gasteiger partial charge in [-0.25, -0.2) is 0 Å². The van der Waals surface area contributed by atoms with E-state index in [2.05, 4.69) is 23.9 Å². The number of rotatable bonds is 6. The number of nitrogen functional groups attached to an aromatic ring is 1. The Morgan fingerprint density at radius 2 is 2.13 bits per heavy atom. The molecule has 0 amide bonds. The van der Waals surface area contributed by atoms with E-state index in [0.717, 1.165) is 24.5 Å². The van der Waals surface area contributed by atoms with Crippen LogP contribution in [0.4, 0.5) is 5.69 Å². The SMILES string of the molecule is CCCCCN(C)Cc1ccc(N)cn1. The maximum Gasteiger partial charge on any atom is 0.0545 e. The molecule has 0 unspecified atom stereocenters. The Balaban J connectivity index is 2.31. The lowest BCUT2D eigenvalue weighted by molar-refractivity contribution is 0.314. The van der Waals surface area contributed by atoms with Crippen LogP contribution in [0.2, 0.25) is 0 Å². The van der Waals surface area contributed by atoms with Crippen LogP contribution in [-0.4, -0.2) is 23.5 Å². The predicted octanol–water partition coefficient (Wildman–Crippen LogP) is 2.29. The highest BCUT2D eigenvalue weighted by Gasteiger charge is 2.00. The van der Waals surface area contributed by atoms with Gasteiger partial charge in [-0.05, 0) is 32.1 Å². The van der Waals surface area contributed by atoms with Crippen molar-refractivity contribution in [2.24, 2.45) is 0 Å². The van der Waals surface area contributed by atoms with Crippen molar-refractivity contribution in [3.63, 3.8) is 0 Å². The van der Waals surface area contributed by atoms with E-state index in [4.69, 9.17) is 5.73 Å². The first-order valence-corrected chi connectivity index (χ1v) is 5.61. The van der Waals surface area contributed by atoms with Crippen LogP contribution in [-0.2, 0) is 6.54 Å². The summed E-state index contributed by atoms with van der Waals surface area (Å²) < 4.78 is 0. The molecular formula is C12H21N3. The van der Waals surface area contributed by atoms with Gasteiger partial charge in [0.15, 0.2) is 0 Å². The molecule has 0 atom stereocenters. The van der Waals surface area contributed by atoms with Crippen molar-refractivity contribution < 1.29 is 0 Å². The van der Waals surface area contributed by atoms with Gasteiger partial charge in [-0.1, -0.05) is 19.8 Å². The van der Waals surface area contributed by atoms with E-state index >= 15 is 0 Å². The van der Waals surface area contributed by atoms with Crippen LogP contribution in [0.5, 0.6) is 0 Å². The average molecular weight is 207 g/mol. The maximum absolute atomic E-state index is 5.58. The second-order valence-electron chi connectivity index (χ2n) is 4.03. The van der Waals surface area contributed by atoms with E-state index in [1.165, 1.54) is 19.3 Å². The second-order valence-corrected chi connectivity index (χ2v) is 4.03. The fraction of sp³-hybridized carbons (Fsp3) is 0.583. The zero-order valence-electron chi connectivity index (χ0n) is 9.74. The molecule has 0 aromatic carbocycles. The van der Waals surface area contributed by atoms with Gasteiger partial charge in [0.2, 0.25) is 0 Å². The molecule has 0 aliphatic rings. The van der Waals surface area contributed by atoms with E-state index in [1.54, 1.807) is 6.20 Å². The first kappa shape index (κ1) is 12.0. The number of hydrogen-bond donors (Lipinski definition) is 1. The van der Waals surface area contributed by atoms with Crippen LogP contribution in [0.15, 0.2) is 18.3 Å². The Kier molecular flexibility index (Phi) is 5.12. The second kappa shape index (κ2) is 6.40. The lowest BCUT2D eigenvalue weighted by atomic mass is 10.2. The first-order chi connectivity index (χ1) is 7.22. The third-order valence-corrected chi connectivity index (χ3v) is 2.42. The highest BCUT2D eigenvalue weighted by Crippen LogP contribution is 2.05. The standard InChI is InChI=1S/C12H21N3/c1-3-4-5-8-15(2)10-12-7-6-11(13)9-14-12/h6-7,9H,3-5,8,10,13H2,1-2H3. The first-order valence-electron chi connectivity index (χ1n) is 5.61. The van der Waals surface area contributed by atoms with Gasteiger partial charge in [0.1, 0.15) is 0 Å². The molecule has 3 heteroatoms. The predicted molar refractivity (Wildman–Crippen MR) is 64.5 cm³/mol. The fourth-order valence-electron chi connectivity index (χ4n) is 1.52. The summed E-state index contributed by atoms with van der Waals surface area (Å²) in [7, 11) is 2.13. The summed E-state index contributed by atoms with van der Waals surface area (Å²) in [6.45, 7) is 4.27. The number of hydrogen-bond acceptors (Lipinski definition) is 3. The largest absolute Gasteiger partial charge is 0.397 e. The summed E-state index contributed by atoms with van der Waals surface area (Å²) in [4.78, 5) is 6.58. The van der Waals surface area contributed by atoms with E-state index < -0.39 is 0 Å². The van der Waals surface area contributed by atoms with E-state index in [9.17, 15) is 0 Å². The smallest absolute Gasteiger partial charge is 0.0545 e. The lowest BCUT2D eigenvalue weighted by Crippen LogP contribution is -2.19. The van der Waals surface area contributed by atoms with Crippen LogP contribution in [0.3, 0.4) is 0 Å². The van der Waals surface area contributed by atoms with Crippen molar-refractivity contribution in [1.29, 1.82) is 0 Å². The molecule has 0 saturated carbocycles. The number of nitrogens with two attached hydrogens (primary N) is 1. The minimum Gasteiger partial charge on any atom is -0.397 e. The Labute approximate surface area is 92.3 Å². The van der Waals surface area contributed by atoms with Crippen LogP contribution < -0.4 is 5.73 Å². The lowest BCUT2D eigenvalue weighted by Gasteiger charge is -2.15. The van der Waals surface area contributed by atoms with Crippen LogP contribution in [0.1, 0.15) is 31.9 Å².